The maximum Gasteiger partial charge on any atom is 0.387 e. The van der Waals surface area contributed by atoms with E-state index in [4.69, 9.17) is 0 Å². The van der Waals surface area contributed by atoms with Gasteiger partial charge in [-0.2, -0.15) is 8.78 Å². The summed E-state index contributed by atoms with van der Waals surface area (Å²) < 4.78 is 28.1. The predicted octanol–water partition coefficient (Wildman–Crippen LogP) is 4.48. The molecule has 0 fully saturated rings. The zero-order chi connectivity index (χ0) is 12.0. The van der Waals surface area contributed by atoms with Gasteiger partial charge in [0, 0.05) is 5.33 Å². The summed E-state index contributed by atoms with van der Waals surface area (Å²) in [6.07, 6.45) is 2.99. The topological polar surface area (TPSA) is 9.23 Å². The minimum Gasteiger partial charge on any atom is -0.435 e. The van der Waals surface area contributed by atoms with Crippen LogP contribution < -0.4 is 4.74 Å². The van der Waals surface area contributed by atoms with Gasteiger partial charge >= 0.3 is 6.61 Å². The van der Waals surface area contributed by atoms with Crippen LogP contribution >= 0.6 is 15.9 Å². The molecule has 4 heteroatoms. The van der Waals surface area contributed by atoms with Gasteiger partial charge in [-0.25, -0.2) is 0 Å². The Morgan fingerprint density at radius 2 is 2.00 bits per heavy atom. The van der Waals surface area contributed by atoms with Crippen LogP contribution in [0.25, 0.3) is 6.08 Å². The second-order valence-electron chi connectivity index (χ2n) is 3.24. The molecule has 0 aromatic heterocycles. The lowest BCUT2D eigenvalue weighted by Crippen LogP contribution is -2.01. The lowest BCUT2D eigenvalue weighted by molar-refractivity contribution is -0.0498. The fourth-order valence-electron chi connectivity index (χ4n) is 1.22. The standard InChI is InChI=1S/C12H13BrF2O/c1-2-9(8-13)7-10-3-5-11(6-4-10)16-12(14)15/h3-7,12H,2,8H2,1H3. The van der Waals surface area contributed by atoms with Gasteiger partial charge in [0.05, 0.1) is 0 Å². The molecule has 1 aromatic carbocycles. The first kappa shape index (κ1) is 13.2. The van der Waals surface area contributed by atoms with E-state index in [-0.39, 0.29) is 5.75 Å². The highest BCUT2D eigenvalue weighted by Crippen LogP contribution is 2.17. The van der Waals surface area contributed by atoms with Crippen molar-refractivity contribution >= 4 is 22.0 Å². The minimum absolute atomic E-state index is 0.184. The molecular weight excluding hydrogens is 278 g/mol. The second kappa shape index (κ2) is 6.63. The van der Waals surface area contributed by atoms with E-state index >= 15 is 0 Å². The van der Waals surface area contributed by atoms with Crippen LogP contribution in [0.1, 0.15) is 18.9 Å². The number of ether oxygens (including phenoxy) is 1. The van der Waals surface area contributed by atoms with Crippen molar-refractivity contribution in [3.05, 3.63) is 35.4 Å². The number of rotatable bonds is 5. The first-order valence-corrected chi connectivity index (χ1v) is 6.08. The van der Waals surface area contributed by atoms with Gasteiger partial charge in [-0.1, -0.05) is 46.6 Å². The van der Waals surface area contributed by atoms with E-state index in [1.54, 1.807) is 24.3 Å². The maximum atomic E-state index is 11.9. The number of benzene rings is 1. The molecule has 88 valence electrons. The Morgan fingerprint density at radius 3 is 2.44 bits per heavy atom. The van der Waals surface area contributed by atoms with Crippen molar-refractivity contribution in [1.29, 1.82) is 0 Å². The molecule has 16 heavy (non-hydrogen) atoms. The first-order valence-electron chi connectivity index (χ1n) is 4.96. The SMILES string of the molecule is CCC(=Cc1ccc(OC(F)F)cc1)CBr. The average Bonchev–Trinajstić information content (AvgIpc) is 2.27. The van der Waals surface area contributed by atoms with E-state index < -0.39 is 6.61 Å². The van der Waals surface area contributed by atoms with E-state index in [1.807, 2.05) is 6.08 Å². The molecule has 1 nitrogen and oxygen atoms in total. The van der Waals surface area contributed by atoms with Crippen LogP contribution in [0.3, 0.4) is 0 Å². The highest BCUT2D eigenvalue weighted by molar-refractivity contribution is 9.09. The molecular formula is C12H13BrF2O. The molecule has 0 heterocycles. The monoisotopic (exact) mass is 290 g/mol. The third-order valence-corrected chi connectivity index (χ3v) is 2.82. The third kappa shape index (κ3) is 4.31. The van der Waals surface area contributed by atoms with Crippen molar-refractivity contribution in [2.75, 3.05) is 5.33 Å². The quantitative estimate of drug-likeness (QED) is 0.727. The molecule has 0 unspecified atom stereocenters. The van der Waals surface area contributed by atoms with Gasteiger partial charge in [-0.05, 0) is 24.1 Å². The number of alkyl halides is 3. The van der Waals surface area contributed by atoms with Gasteiger partial charge in [-0.15, -0.1) is 0 Å². The molecule has 0 saturated heterocycles. The Balaban J connectivity index is 2.74. The van der Waals surface area contributed by atoms with E-state index in [1.165, 1.54) is 5.57 Å². The highest BCUT2D eigenvalue weighted by Gasteiger charge is 2.03. The van der Waals surface area contributed by atoms with Gasteiger partial charge in [0.1, 0.15) is 5.75 Å². The van der Waals surface area contributed by atoms with Crippen LogP contribution in [-0.2, 0) is 0 Å². The van der Waals surface area contributed by atoms with Gasteiger partial charge in [-0.3, -0.25) is 0 Å². The average molecular weight is 291 g/mol. The van der Waals surface area contributed by atoms with E-state index in [0.29, 0.717) is 0 Å². The fraction of sp³-hybridized carbons (Fsp3) is 0.333. The molecule has 1 rings (SSSR count). The normalized spacial score (nSPS) is 11.9. The van der Waals surface area contributed by atoms with Gasteiger partial charge in [0.2, 0.25) is 0 Å². The van der Waals surface area contributed by atoms with Crippen molar-refractivity contribution in [2.24, 2.45) is 0 Å². The number of allylic oxidation sites excluding steroid dienone is 1. The number of hydrogen-bond acceptors (Lipinski definition) is 1. The van der Waals surface area contributed by atoms with Gasteiger partial charge in [0.25, 0.3) is 0 Å². The number of hydrogen-bond donors (Lipinski definition) is 0. The van der Waals surface area contributed by atoms with Crippen LogP contribution in [0.5, 0.6) is 5.75 Å². The summed E-state index contributed by atoms with van der Waals surface area (Å²) in [4.78, 5) is 0. The van der Waals surface area contributed by atoms with Crippen LogP contribution in [0.2, 0.25) is 0 Å². The Labute approximate surface area is 102 Å². The molecule has 0 amide bonds. The van der Waals surface area contributed by atoms with Crippen LogP contribution in [0.15, 0.2) is 29.8 Å². The molecule has 0 aliphatic rings. The van der Waals surface area contributed by atoms with E-state index in [0.717, 1.165) is 17.3 Å². The summed E-state index contributed by atoms with van der Waals surface area (Å²) in [5, 5.41) is 0.818. The summed E-state index contributed by atoms with van der Waals surface area (Å²) in [6.45, 7) is -0.698. The van der Waals surface area contributed by atoms with Crippen LogP contribution in [0.4, 0.5) is 8.78 Å². The predicted molar refractivity (Wildman–Crippen MR) is 65.1 cm³/mol. The smallest absolute Gasteiger partial charge is 0.387 e. The second-order valence-corrected chi connectivity index (χ2v) is 3.80. The highest BCUT2D eigenvalue weighted by atomic mass is 79.9. The lowest BCUT2D eigenvalue weighted by atomic mass is 10.1. The zero-order valence-electron chi connectivity index (χ0n) is 8.92. The zero-order valence-corrected chi connectivity index (χ0v) is 10.5. The molecule has 0 bridgehead atoms. The largest absolute Gasteiger partial charge is 0.435 e. The molecule has 0 aliphatic heterocycles. The maximum absolute atomic E-state index is 11.9. The number of halogens is 3. The van der Waals surface area contributed by atoms with Crippen molar-refractivity contribution in [3.63, 3.8) is 0 Å². The molecule has 0 spiro atoms. The molecule has 1 aromatic rings. The molecule has 0 saturated carbocycles. The van der Waals surface area contributed by atoms with Crippen LogP contribution in [-0.4, -0.2) is 11.9 Å². The summed E-state index contributed by atoms with van der Waals surface area (Å²) in [5.41, 5.74) is 2.24. The molecule has 0 aliphatic carbocycles. The molecule has 0 atom stereocenters. The Kier molecular flexibility index (Phi) is 5.46. The summed E-state index contributed by atoms with van der Waals surface area (Å²) in [6, 6.07) is 6.60. The first-order chi connectivity index (χ1) is 7.65. The van der Waals surface area contributed by atoms with Crippen molar-refractivity contribution in [1.82, 2.24) is 0 Å². The third-order valence-electron chi connectivity index (χ3n) is 2.10. The van der Waals surface area contributed by atoms with Gasteiger partial charge in [0.15, 0.2) is 0 Å². The summed E-state index contributed by atoms with van der Waals surface area (Å²) in [7, 11) is 0. The van der Waals surface area contributed by atoms with Crippen molar-refractivity contribution in [2.45, 2.75) is 20.0 Å². The summed E-state index contributed by atoms with van der Waals surface area (Å²) >= 11 is 3.39. The van der Waals surface area contributed by atoms with Gasteiger partial charge < -0.3 is 4.74 Å². The Morgan fingerprint density at radius 1 is 1.38 bits per heavy atom. The lowest BCUT2D eigenvalue weighted by Gasteiger charge is -2.04. The van der Waals surface area contributed by atoms with E-state index in [9.17, 15) is 8.78 Å². The van der Waals surface area contributed by atoms with Crippen LogP contribution in [0, 0.1) is 0 Å². The Bertz CT molecular complexity index is 341. The summed E-state index contributed by atoms with van der Waals surface area (Å²) in [5.74, 6) is 0.184. The molecule has 0 N–H and O–H groups in total. The van der Waals surface area contributed by atoms with Crippen molar-refractivity contribution < 1.29 is 13.5 Å². The van der Waals surface area contributed by atoms with Crippen molar-refractivity contribution in [3.8, 4) is 5.75 Å². The van der Waals surface area contributed by atoms with E-state index in [2.05, 4.69) is 27.6 Å². The minimum atomic E-state index is -2.77. The Hall–Kier alpha value is -0.900. The molecule has 0 radical (unpaired) electrons. The fourth-order valence-corrected chi connectivity index (χ4v) is 1.77.